The zero-order valence-electron chi connectivity index (χ0n) is 11.0. The third-order valence-electron chi connectivity index (χ3n) is 2.70. The number of aliphatic hydroxyl groups is 1. The quantitative estimate of drug-likeness (QED) is 0.800. The van der Waals surface area contributed by atoms with Gasteiger partial charge in [0.1, 0.15) is 5.82 Å². The fourth-order valence-electron chi connectivity index (χ4n) is 1.60. The highest BCUT2D eigenvalue weighted by molar-refractivity contribution is 5.85. The summed E-state index contributed by atoms with van der Waals surface area (Å²) in [6.07, 6.45) is 1.50. The van der Waals surface area contributed by atoms with Gasteiger partial charge in [0, 0.05) is 12.7 Å². The summed E-state index contributed by atoms with van der Waals surface area (Å²) in [5.41, 5.74) is 1.91. The summed E-state index contributed by atoms with van der Waals surface area (Å²) < 4.78 is 4.56. The number of esters is 1. The van der Waals surface area contributed by atoms with Gasteiger partial charge in [-0.3, -0.25) is 0 Å². The average molecular weight is 273 g/mol. The van der Waals surface area contributed by atoms with Gasteiger partial charge in [-0.2, -0.15) is 0 Å². The molecular weight excluding hydrogens is 258 g/mol. The number of carbonyl (C=O) groups is 1. The summed E-state index contributed by atoms with van der Waals surface area (Å²) in [7, 11) is 1.29. The maximum Gasteiger partial charge on any atom is 0.376 e. The van der Waals surface area contributed by atoms with Gasteiger partial charge < -0.3 is 15.2 Å². The standard InChI is InChI=1S/C14H15N3O3/c1-20-14(19)13-15-7-6-12(17-13)16-8-10-2-4-11(9-18)5-3-10/h2-7,18H,8-9H2,1H3,(H,15,16,17). The number of carbonyl (C=O) groups excluding carboxylic acids is 1. The van der Waals surface area contributed by atoms with Crippen LogP contribution in [0.5, 0.6) is 0 Å². The van der Waals surface area contributed by atoms with E-state index < -0.39 is 5.97 Å². The number of aliphatic hydroxyl groups excluding tert-OH is 1. The summed E-state index contributed by atoms with van der Waals surface area (Å²) in [4.78, 5) is 19.2. The average Bonchev–Trinajstić information content (AvgIpc) is 2.53. The second-order valence-corrected chi connectivity index (χ2v) is 4.09. The first-order valence-corrected chi connectivity index (χ1v) is 6.07. The Bertz CT molecular complexity index is 584. The second-order valence-electron chi connectivity index (χ2n) is 4.09. The smallest absolute Gasteiger partial charge is 0.376 e. The topological polar surface area (TPSA) is 84.3 Å². The molecule has 0 fully saturated rings. The molecule has 0 bridgehead atoms. The van der Waals surface area contributed by atoms with Gasteiger partial charge in [0.2, 0.25) is 5.82 Å². The SMILES string of the molecule is COC(=O)c1nccc(NCc2ccc(CO)cc2)n1. The summed E-state index contributed by atoms with van der Waals surface area (Å²) in [5, 5.41) is 12.1. The third kappa shape index (κ3) is 3.52. The molecule has 6 nitrogen and oxygen atoms in total. The summed E-state index contributed by atoms with van der Waals surface area (Å²) in [6, 6.07) is 9.23. The Morgan fingerprint density at radius 2 is 1.95 bits per heavy atom. The van der Waals surface area contributed by atoms with Crippen molar-refractivity contribution in [1.82, 2.24) is 9.97 Å². The normalized spacial score (nSPS) is 10.1. The number of methoxy groups -OCH3 is 1. The lowest BCUT2D eigenvalue weighted by Crippen LogP contribution is -2.09. The minimum absolute atomic E-state index is 0.0214. The molecule has 1 aromatic carbocycles. The van der Waals surface area contributed by atoms with Crippen molar-refractivity contribution in [2.75, 3.05) is 12.4 Å². The van der Waals surface area contributed by atoms with Crippen LogP contribution < -0.4 is 5.32 Å². The van der Waals surface area contributed by atoms with Gasteiger partial charge in [-0.05, 0) is 17.2 Å². The molecule has 0 aliphatic rings. The van der Waals surface area contributed by atoms with Crippen LogP contribution in [0.4, 0.5) is 5.82 Å². The molecule has 0 spiro atoms. The number of nitrogens with zero attached hydrogens (tertiary/aromatic N) is 2. The first-order chi connectivity index (χ1) is 9.72. The number of rotatable bonds is 5. The van der Waals surface area contributed by atoms with Crippen LogP contribution in [0.1, 0.15) is 21.7 Å². The Morgan fingerprint density at radius 1 is 1.25 bits per heavy atom. The predicted molar refractivity (Wildman–Crippen MR) is 73.1 cm³/mol. The molecule has 20 heavy (non-hydrogen) atoms. The van der Waals surface area contributed by atoms with Crippen LogP contribution in [0.3, 0.4) is 0 Å². The lowest BCUT2D eigenvalue weighted by atomic mass is 10.1. The van der Waals surface area contributed by atoms with Crippen molar-refractivity contribution in [2.24, 2.45) is 0 Å². The molecule has 0 radical (unpaired) electrons. The number of ether oxygens (including phenoxy) is 1. The molecule has 0 saturated carbocycles. The van der Waals surface area contributed by atoms with Gasteiger partial charge in [0.05, 0.1) is 13.7 Å². The fraction of sp³-hybridized carbons (Fsp3) is 0.214. The van der Waals surface area contributed by atoms with Crippen LogP contribution in [0.25, 0.3) is 0 Å². The summed E-state index contributed by atoms with van der Waals surface area (Å²) >= 11 is 0. The molecule has 0 saturated heterocycles. The Kier molecular flexibility index (Phi) is 4.62. The van der Waals surface area contributed by atoms with E-state index >= 15 is 0 Å². The van der Waals surface area contributed by atoms with E-state index in [4.69, 9.17) is 5.11 Å². The Hall–Kier alpha value is -2.47. The minimum Gasteiger partial charge on any atom is -0.463 e. The Labute approximate surface area is 116 Å². The van der Waals surface area contributed by atoms with E-state index in [0.29, 0.717) is 12.4 Å². The monoisotopic (exact) mass is 273 g/mol. The molecule has 2 aromatic rings. The van der Waals surface area contributed by atoms with Gasteiger partial charge in [-0.25, -0.2) is 14.8 Å². The molecule has 1 heterocycles. The molecule has 1 aromatic heterocycles. The van der Waals surface area contributed by atoms with E-state index in [0.717, 1.165) is 11.1 Å². The van der Waals surface area contributed by atoms with Crippen molar-refractivity contribution in [3.63, 3.8) is 0 Å². The van der Waals surface area contributed by atoms with Crippen molar-refractivity contribution < 1.29 is 14.6 Å². The maximum atomic E-state index is 11.3. The van der Waals surface area contributed by atoms with Crippen molar-refractivity contribution in [3.8, 4) is 0 Å². The molecule has 6 heteroatoms. The van der Waals surface area contributed by atoms with Crippen LogP contribution in [-0.4, -0.2) is 28.2 Å². The highest BCUT2D eigenvalue weighted by Gasteiger charge is 2.09. The number of anilines is 1. The molecule has 0 aliphatic heterocycles. The number of hydrogen-bond donors (Lipinski definition) is 2. The molecule has 0 atom stereocenters. The van der Waals surface area contributed by atoms with Gasteiger partial charge >= 0.3 is 5.97 Å². The highest BCUT2D eigenvalue weighted by Crippen LogP contribution is 2.08. The van der Waals surface area contributed by atoms with Crippen molar-refractivity contribution in [3.05, 3.63) is 53.5 Å². The predicted octanol–water partition coefficient (Wildman–Crippen LogP) is 1.37. The lowest BCUT2D eigenvalue weighted by molar-refractivity contribution is 0.0587. The van der Waals surface area contributed by atoms with Crippen molar-refractivity contribution >= 4 is 11.8 Å². The maximum absolute atomic E-state index is 11.3. The van der Waals surface area contributed by atoms with Gasteiger partial charge in [0.15, 0.2) is 0 Å². The van der Waals surface area contributed by atoms with E-state index in [-0.39, 0.29) is 12.4 Å². The van der Waals surface area contributed by atoms with Crippen LogP contribution in [0.15, 0.2) is 36.5 Å². The van der Waals surface area contributed by atoms with E-state index in [2.05, 4.69) is 20.0 Å². The first-order valence-electron chi connectivity index (χ1n) is 6.07. The van der Waals surface area contributed by atoms with Gasteiger partial charge in [-0.1, -0.05) is 24.3 Å². The minimum atomic E-state index is -0.569. The molecule has 0 amide bonds. The second kappa shape index (κ2) is 6.63. The number of benzene rings is 1. The third-order valence-corrected chi connectivity index (χ3v) is 2.70. The summed E-state index contributed by atoms with van der Waals surface area (Å²) in [5.74, 6) is 0.000659. The zero-order valence-corrected chi connectivity index (χ0v) is 11.0. The van der Waals surface area contributed by atoms with Crippen LogP contribution >= 0.6 is 0 Å². The Balaban J connectivity index is 2.01. The van der Waals surface area contributed by atoms with Gasteiger partial charge in [0.25, 0.3) is 0 Å². The van der Waals surface area contributed by atoms with Crippen molar-refractivity contribution in [2.45, 2.75) is 13.2 Å². The van der Waals surface area contributed by atoms with E-state index in [9.17, 15) is 4.79 Å². The molecule has 0 aliphatic carbocycles. The van der Waals surface area contributed by atoms with E-state index in [1.807, 2.05) is 24.3 Å². The largest absolute Gasteiger partial charge is 0.463 e. The fourth-order valence-corrected chi connectivity index (χ4v) is 1.60. The Morgan fingerprint density at radius 3 is 2.60 bits per heavy atom. The molecule has 0 unspecified atom stereocenters. The first kappa shape index (κ1) is 14.0. The summed E-state index contributed by atoms with van der Waals surface area (Å²) in [6.45, 7) is 0.589. The van der Waals surface area contributed by atoms with Crippen LogP contribution in [-0.2, 0) is 17.9 Å². The highest BCUT2D eigenvalue weighted by atomic mass is 16.5. The number of aromatic nitrogens is 2. The number of nitrogens with one attached hydrogen (secondary N) is 1. The lowest BCUT2D eigenvalue weighted by Gasteiger charge is -2.07. The molecular formula is C14H15N3O3. The van der Waals surface area contributed by atoms with E-state index in [1.165, 1.54) is 13.3 Å². The van der Waals surface area contributed by atoms with Gasteiger partial charge in [-0.15, -0.1) is 0 Å². The van der Waals surface area contributed by atoms with E-state index in [1.54, 1.807) is 6.07 Å². The number of hydrogen-bond acceptors (Lipinski definition) is 6. The molecule has 104 valence electrons. The van der Waals surface area contributed by atoms with Crippen LogP contribution in [0, 0.1) is 0 Å². The van der Waals surface area contributed by atoms with Crippen molar-refractivity contribution in [1.29, 1.82) is 0 Å². The molecule has 2 N–H and O–H groups in total. The molecule has 2 rings (SSSR count). The zero-order chi connectivity index (χ0) is 14.4. The van der Waals surface area contributed by atoms with Crippen LogP contribution in [0.2, 0.25) is 0 Å².